The van der Waals surface area contributed by atoms with Crippen LogP contribution in [-0.4, -0.2) is 10.2 Å². The highest BCUT2D eigenvalue weighted by atomic mass is 35.5. The van der Waals surface area contributed by atoms with Gasteiger partial charge >= 0.3 is 0 Å². The van der Waals surface area contributed by atoms with Crippen LogP contribution in [0.4, 0.5) is 5.69 Å². The maximum atomic E-state index is 11.1. The molecule has 3 N–H and O–H groups in total. The zero-order valence-corrected chi connectivity index (χ0v) is 21.8. The number of aromatic nitrogens is 2. The molecule has 5 aromatic rings. The summed E-state index contributed by atoms with van der Waals surface area (Å²) in [4.78, 5) is 11.1. The molecule has 0 aliphatic heterocycles. The van der Waals surface area contributed by atoms with Crippen molar-refractivity contribution in [1.29, 1.82) is 0 Å². The molecule has 188 valence electrons. The third-order valence-corrected chi connectivity index (χ3v) is 7.86. The lowest BCUT2D eigenvalue weighted by atomic mass is 9.78. The number of nitrogens with one attached hydrogen (secondary N) is 1. The van der Waals surface area contributed by atoms with Gasteiger partial charge < -0.3 is 5.73 Å². The van der Waals surface area contributed by atoms with Gasteiger partial charge in [0.05, 0.1) is 16.9 Å². The van der Waals surface area contributed by atoms with Gasteiger partial charge in [0.25, 0.3) is 5.56 Å². The molecule has 0 spiro atoms. The molecule has 1 heterocycles. The van der Waals surface area contributed by atoms with Crippen LogP contribution in [0.1, 0.15) is 41.5 Å². The van der Waals surface area contributed by atoms with Gasteiger partial charge in [-0.3, -0.25) is 4.79 Å². The van der Waals surface area contributed by atoms with Crippen LogP contribution in [-0.2, 0) is 12.8 Å². The van der Waals surface area contributed by atoms with Crippen LogP contribution in [0.3, 0.4) is 0 Å². The predicted molar refractivity (Wildman–Crippen MR) is 159 cm³/mol. The minimum atomic E-state index is -0.136. The zero-order chi connectivity index (χ0) is 26.1. The Labute approximate surface area is 226 Å². The molecule has 2 aliphatic rings. The predicted octanol–water partition coefficient (Wildman–Crippen LogP) is 7.64. The van der Waals surface area contributed by atoms with Crippen molar-refractivity contribution in [3.8, 4) is 0 Å². The van der Waals surface area contributed by atoms with Gasteiger partial charge in [0, 0.05) is 10.8 Å². The highest BCUT2D eigenvalue weighted by molar-refractivity contribution is 6.33. The number of nitrogens with two attached hydrogens (primary N) is 1. The first-order valence-electron chi connectivity index (χ1n) is 13.0. The second kappa shape index (κ2) is 10.3. The van der Waals surface area contributed by atoms with E-state index in [4.69, 9.17) is 17.3 Å². The molecule has 0 amide bonds. The first-order chi connectivity index (χ1) is 18.6. The molecule has 38 heavy (non-hydrogen) atoms. The van der Waals surface area contributed by atoms with Crippen molar-refractivity contribution >= 4 is 44.4 Å². The van der Waals surface area contributed by atoms with Crippen LogP contribution in [0, 0.1) is 0 Å². The van der Waals surface area contributed by atoms with E-state index in [-0.39, 0.29) is 5.56 Å². The van der Waals surface area contributed by atoms with Crippen molar-refractivity contribution < 1.29 is 0 Å². The number of H-pyrrole nitrogens is 1. The lowest BCUT2D eigenvalue weighted by Gasteiger charge is -2.26. The molecule has 0 radical (unpaired) electrons. The molecule has 5 heteroatoms. The molecule has 0 atom stereocenters. The van der Waals surface area contributed by atoms with Crippen molar-refractivity contribution in [3.05, 3.63) is 134 Å². The summed E-state index contributed by atoms with van der Waals surface area (Å²) in [5.41, 5.74) is 15.2. The average molecular weight is 518 g/mol. The van der Waals surface area contributed by atoms with Gasteiger partial charge in [0.1, 0.15) is 0 Å². The third kappa shape index (κ3) is 4.64. The van der Waals surface area contributed by atoms with Crippen LogP contribution >= 0.6 is 11.6 Å². The molecule has 0 saturated carbocycles. The Morgan fingerprint density at radius 3 is 2.66 bits per heavy atom. The van der Waals surface area contributed by atoms with Gasteiger partial charge in [0.15, 0.2) is 0 Å². The molecule has 4 aromatic carbocycles. The number of hydrogen-bond donors (Lipinski definition) is 2. The number of allylic oxidation sites excluding steroid dienone is 4. The summed E-state index contributed by atoms with van der Waals surface area (Å²) in [6.07, 6.45) is 11.9. The lowest BCUT2D eigenvalue weighted by molar-refractivity contribution is 0.830. The monoisotopic (exact) mass is 517 g/mol. The van der Waals surface area contributed by atoms with E-state index >= 15 is 0 Å². The topological polar surface area (TPSA) is 71.8 Å². The molecule has 0 fully saturated rings. The minimum Gasteiger partial charge on any atom is -0.398 e. The second-order valence-corrected chi connectivity index (χ2v) is 10.3. The number of aromatic amines is 1. The summed E-state index contributed by atoms with van der Waals surface area (Å²) in [5, 5.41) is 11.0. The quantitative estimate of drug-likeness (QED) is 0.236. The van der Waals surface area contributed by atoms with Gasteiger partial charge in [-0.1, -0.05) is 83.9 Å². The maximum Gasteiger partial charge on any atom is 0.272 e. The van der Waals surface area contributed by atoms with E-state index in [1.807, 2.05) is 30.3 Å². The van der Waals surface area contributed by atoms with Gasteiger partial charge in [0.2, 0.25) is 0 Å². The maximum absolute atomic E-state index is 11.1. The molecule has 2 aliphatic carbocycles. The Hall–Kier alpha value is -4.15. The van der Waals surface area contributed by atoms with E-state index in [9.17, 15) is 4.79 Å². The van der Waals surface area contributed by atoms with Crippen LogP contribution in [0.5, 0.6) is 0 Å². The third-order valence-electron chi connectivity index (χ3n) is 7.51. The van der Waals surface area contributed by atoms with E-state index in [1.165, 1.54) is 57.9 Å². The Morgan fingerprint density at radius 2 is 1.79 bits per heavy atom. The lowest BCUT2D eigenvalue weighted by Crippen LogP contribution is -2.08. The van der Waals surface area contributed by atoms with Crippen LogP contribution < -0.4 is 11.3 Å². The van der Waals surface area contributed by atoms with Crippen LogP contribution in [0.15, 0.2) is 102 Å². The van der Waals surface area contributed by atoms with Crippen molar-refractivity contribution in [2.45, 2.75) is 32.1 Å². The minimum absolute atomic E-state index is 0.136. The fourth-order valence-corrected chi connectivity index (χ4v) is 5.80. The first-order valence-corrected chi connectivity index (χ1v) is 13.3. The zero-order valence-electron chi connectivity index (χ0n) is 21.0. The molecule has 0 saturated heterocycles. The Kier molecular flexibility index (Phi) is 6.57. The number of aryl methyl sites for hydroxylation is 1. The summed E-state index contributed by atoms with van der Waals surface area (Å²) in [5.74, 6) is 0. The largest absolute Gasteiger partial charge is 0.398 e. The van der Waals surface area contributed by atoms with Crippen LogP contribution in [0.2, 0.25) is 5.02 Å². The number of hydrogen-bond acceptors (Lipinski definition) is 3. The number of anilines is 1. The molecule has 0 unspecified atom stereocenters. The van der Waals surface area contributed by atoms with E-state index < -0.39 is 0 Å². The standard InChI is InChI=1S/C25H22ClN.C8H6N2O/c26-23-13-8-16(15-24(23)27)14-19-6-3-5-18-10-11-21-20-7-2-1-4-17(20)9-12-22(21)25(18)19;11-8-7-4-2-1-3-6(7)5-9-10-8/h2-3,5-8,10-11,13,15H,1,4,9,12,14,27H2;1-5H,(H,10,11). The summed E-state index contributed by atoms with van der Waals surface area (Å²) >= 11 is 6.10. The summed E-state index contributed by atoms with van der Waals surface area (Å²) in [7, 11) is 0. The number of nitrogens with zero attached hydrogens (tertiary/aromatic N) is 1. The van der Waals surface area contributed by atoms with Gasteiger partial charge in [-0.05, 0) is 88.9 Å². The van der Waals surface area contributed by atoms with Gasteiger partial charge in [-0.25, -0.2) is 5.10 Å². The number of benzene rings is 4. The smallest absolute Gasteiger partial charge is 0.272 e. The first kappa shape index (κ1) is 24.2. The summed E-state index contributed by atoms with van der Waals surface area (Å²) < 4.78 is 0. The molecule has 4 nitrogen and oxygen atoms in total. The average Bonchev–Trinajstić information content (AvgIpc) is 2.95. The van der Waals surface area contributed by atoms with Crippen molar-refractivity contribution in [2.75, 3.05) is 5.73 Å². The fourth-order valence-electron chi connectivity index (χ4n) is 5.68. The highest BCUT2D eigenvalue weighted by Gasteiger charge is 2.21. The Balaban J connectivity index is 0.000000200. The Morgan fingerprint density at radius 1 is 0.921 bits per heavy atom. The van der Waals surface area contributed by atoms with Crippen molar-refractivity contribution in [2.24, 2.45) is 0 Å². The second-order valence-electron chi connectivity index (χ2n) is 9.88. The molecule has 7 rings (SSSR count). The van der Waals surface area contributed by atoms with E-state index in [2.05, 4.69) is 58.7 Å². The normalized spacial score (nSPS) is 14.1. The molecule has 0 bridgehead atoms. The number of halogens is 1. The van der Waals surface area contributed by atoms with E-state index in [1.54, 1.807) is 17.8 Å². The summed E-state index contributed by atoms with van der Waals surface area (Å²) in [6.45, 7) is 0. The highest BCUT2D eigenvalue weighted by Crippen LogP contribution is 2.41. The van der Waals surface area contributed by atoms with Crippen molar-refractivity contribution in [3.63, 3.8) is 0 Å². The fraction of sp³-hybridized carbons (Fsp3) is 0.152. The number of rotatable bonds is 2. The van der Waals surface area contributed by atoms with Gasteiger partial charge in [-0.15, -0.1) is 0 Å². The van der Waals surface area contributed by atoms with E-state index in [0.717, 1.165) is 18.2 Å². The summed E-state index contributed by atoms with van der Waals surface area (Å²) in [6, 6.07) is 24.6. The number of nitrogen functional groups attached to an aromatic ring is 1. The SMILES string of the molecule is Nc1cc(Cc2cccc3ccc4c(c23)CCC2=C4C=CCC2)ccc1Cl.O=c1[nH]ncc2ccccc12. The Bertz CT molecular complexity index is 1790. The van der Waals surface area contributed by atoms with Gasteiger partial charge in [-0.2, -0.15) is 5.10 Å². The number of fused-ring (bicyclic) bond motifs is 5. The van der Waals surface area contributed by atoms with E-state index in [0.29, 0.717) is 16.1 Å². The van der Waals surface area contributed by atoms with Crippen molar-refractivity contribution in [1.82, 2.24) is 10.2 Å². The van der Waals surface area contributed by atoms with Crippen LogP contribution in [0.25, 0.3) is 27.1 Å². The molecular weight excluding hydrogens is 490 g/mol. The molecule has 1 aromatic heterocycles. The molecular formula is C33H28ClN3O.